The first kappa shape index (κ1) is 17.8. The second-order valence-electron chi connectivity index (χ2n) is 7.75. The zero-order chi connectivity index (χ0) is 16.3. The Morgan fingerprint density at radius 2 is 1.62 bits per heavy atom. The lowest BCUT2D eigenvalue weighted by Gasteiger charge is -2.38. The van der Waals surface area contributed by atoms with Gasteiger partial charge in [-0.15, -0.1) is 0 Å². The zero-order valence-corrected chi connectivity index (χ0v) is 13.9. The summed E-state index contributed by atoms with van der Waals surface area (Å²) in [7, 11) is 0. The first-order valence-corrected chi connectivity index (χ1v) is 7.71. The lowest BCUT2D eigenvalue weighted by atomic mass is 9.68. The van der Waals surface area contributed by atoms with Gasteiger partial charge < -0.3 is 15.2 Å². The minimum Gasteiger partial charge on any atom is -0.481 e. The molecule has 1 fully saturated rings. The molecule has 0 aliphatic heterocycles. The van der Waals surface area contributed by atoms with Crippen molar-refractivity contribution in [3.8, 4) is 0 Å². The maximum Gasteiger partial charge on any atom is 0.407 e. The molecule has 0 unspecified atom stereocenters. The Bertz CT molecular complexity index is 376. The van der Waals surface area contributed by atoms with Crippen LogP contribution in [-0.4, -0.2) is 28.8 Å². The summed E-state index contributed by atoms with van der Waals surface area (Å²) in [6.45, 7) is 9.58. The fourth-order valence-electron chi connectivity index (χ4n) is 3.03. The molecule has 0 saturated heterocycles. The summed E-state index contributed by atoms with van der Waals surface area (Å²) in [5, 5.41) is 11.9. The molecule has 0 spiro atoms. The number of carbonyl (C=O) groups is 2. The molecule has 0 heterocycles. The molecule has 0 aromatic carbocycles. The molecular formula is C16H29NO4. The number of nitrogens with one attached hydrogen (secondary N) is 1. The van der Waals surface area contributed by atoms with Crippen LogP contribution in [0.5, 0.6) is 0 Å². The number of hydrogen-bond acceptors (Lipinski definition) is 3. The van der Waals surface area contributed by atoms with Crippen molar-refractivity contribution in [2.45, 2.75) is 78.4 Å². The molecule has 5 nitrogen and oxygen atoms in total. The molecule has 1 amide bonds. The summed E-state index contributed by atoms with van der Waals surface area (Å²) in [5.74, 6) is -0.348. The highest BCUT2D eigenvalue weighted by Gasteiger charge is 2.35. The van der Waals surface area contributed by atoms with Crippen LogP contribution in [0.2, 0.25) is 0 Å². The Labute approximate surface area is 127 Å². The van der Waals surface area contributed by atoms with Crippen LogP contribution in [0.3, 0.4) is 0 Å². The van der Waals surface area contributed by atoms with Crippen LogP contribution < -0.4 is 5.32 Å². The molecule has 0 atom stereocenters. The average molecular weight is 299 g/mol. The number of carbonyl (C=O) groups excluding carboxylic acids is 1. The predicted octanol–water partition coefficient (Wildman–Crippen LogP) is 3.57. The summed E-state index contributed by atoms with van der Waals surface area (Å²) in [5.41, 5.74) is -0.673. The van der Waals surface area contributed by atoms with Gasteiger partial charge in [-0.2, -0.15) is 0 Å². The number of amides is 1. The Hall–Kier alpha value is -1.26. The molecule has 2 N–H and O–H groups in total. The van der Waals surface area contributed by atoms with E-state index in [1.165, 1.54) is 0 Å². The van der Waals surface area contributed by atoms with Gasteiger partial charge in [0.2, 0.25) is 0 Å². The predicted molar refractivity (Wildman–Crippen MR) is 81.1 cm³/mol. The van der Waals surface area contributed by atoms with Gasteiger partial charge in [0.15, 0.2) is 0 Å². The number of carboxylic acids is 1. The fraction of sp³-hybridized carbons (Fsp3) is 0.875. The second kappa shape index (κ2) is 6.67. The van der Waals surface area contributed by atoms with E-state index in [2.05, 4.69) is 5.32 Å². The minimum absolute atomic E-state index is 0.136. The van der Waals surface area contributed by atoms with Crippen molar-refractivity contribution < 1.29 is 19.4 Å². The molecule has 0 bridgehead atoms. The first-order chi connectivity index (χ1) is 9.49. The number of carboxylic acid groups (broad SMARTS) is 1. The van der Waals surface area contributed by atoms with Crippen LogP contribution in [0.25, 0.3) is 0 Å². The molecule has 1 rings (SSSR count). The van der Waals surface area contributed by atoms with Crippen molar-refractivity contribution >= 4 is 12.1 Å². The van der Waals surface area contributed by atoms with E-state index in [0.29, 0.717) is 5.92 Å². The highest BCUT2D eigenvalue weighted by molar-refractivity contribution is 5.68. The molecule has 122 valence electrons. The maximum atomic E-state index is 11.7. The Kier molecular flexibility index (Phi) is 5.65. The average Bonchev–Trinajstić information content (AvgIpc) is 2.24. The highest BCUT2D eigenvalue weighted by atomic mass is 16.6. The molecule has 21 heavy (non-hydrogen) atoms. The third kappa shape index (κ3) is 6.36. The van der Waals surface area contributed by atoms with E-state index in [9.17, 15) is 9.59 Å². The van der Waals surface area contributed by atoms with Crippen LogP contribution in [0.1, 0.15) is 66.7 Å². The van der Waals surface area contributed by atoms with Gasteiger partial charge in [-0.3, -0.25) is 4.79 Å². The zero-order valence-electron chi connectivity index (χ0n) is 13.9. The van der Waals surface area contributed by atoms with Crippen molar-refractivity contribution in [2.75, 3.05) is 0 Å². The lowest BCUT2D eigenvalue weighted by Crippen LogP contribution is -2.42. The van der Waals surface area contributed by atoms with E-state index in [1.807, 2.05) is 34.6 Å². The Balaban J connectivity index is 2.42. The summed E-state index contributed by atoms with van der Waals surface area (Å²) < 4.78 is 5.26. The van der Waals surface area contributed by atoms with Gasteiger partial charge in [0.1, 0.15) is 5.60 Å². The monoisotopic (exact) mass is 299 g/mol. The summed E-state index contributed by atoms with van der Waals surface area (Å²) >= 11 is 0. The van der Waals surface area contributed by atoms with Gasteiger partial charge in [0.05, 0.1) is 6.42 Å². The molecule has 1 saturated carbocycles. The Morgan fingerprint density at radius 1 is 1.10 bits per heavy atom. The van der Waals surface area contributed by atoms with Crippen molar-refractivity contribution in [3.63, 3.8) is 0 Å². The highest BCUT2D eigenvalue weighted by Crippen LogP contribution is 2.40. The van der Waals surface area contributed by atoms with Gasteiger partial charge >= 0.3 is 12.1 Å². The number of hydrogen-bond donors (Lipinski definition) is 2. The molecule has 1 aliphatic carbocycles. The molecule has 5 heteroatoms. The van der Waals surface area contributed by atoms with E-state index in [0.717, 1.165) is 25.7 Å². The second-order valence-corrected chi connectivity index (χ2v) is 7.75. The smallest absolute Gasteiger partial charge is 0.407 e. The van der Waals surface area contributed by atoms with E-state index in [-0.39, 0.29) is 24.0 Å². The van der Waals surface area contributed by atoms with E-state index in [1.54, 1.807) is 0 Å². The lowest BCUT2D eigenvalue weighted by molar-refractivity contribution is -0.140. The Morgan fingerprint density at radius 3 is 2.05 bits per heavy atom. The number of aliphatic carboxylic acids is 1. The quantitative estimate of drug-likeness (QED) is 0.832. The third-order valence-electron chi connectivity index (χ3n) is 4.16. The summed E-state index contributed by atoms with van der Waals surface area (Å²) in [6, 6.07) is 0.136. The standard InChI is InChI=1S/C16H29NO4/c1-15(2,3)21-14(20)17-12-8-6-11(7-9-12)16(4,5)10-13(18)19/h11-12H,6-10H2,1-5H3,(H,17,20)(H,18,19). The van der Waals surface area contributed by atoms with E-state index in [4.69, 9.17) is 9.84 Å². The largest absolute Gasteiger partial charge is 0.481 e. The summed E-state index contributed by atoms with van der Waals surface area (Å²) in [6.07, 6.45) is 3.49. The van der Waals surface area contributed by atoms with Gasteiger partial charge in [-0.1, -0.05) is 13.8 Å². The van der Waals surface area contributed by atoms with Gasteiger partial charge in [-0.25, -0.2) is 4.79 Å². The van der Waals surface area contributed by atoms with Crippen molar-refractivity contribution in [1.82, 2.24) is 5.32 Å². The van der Waals surface area contributed by atoms with Gasteiger partial charge in [0, 0.05) is 6.04 Å². The van der Waals surface area contributed by atoms with Crippen molar-refractivity contribution in [1.29, 1.82) is 0 Å². The molecule has 0 radical (unpaired) electrons. The minimum atomic E-state index is -0.742. The number of alkyl carbamates (subject to hydrolysis) is 1. The maximum absolute atomic E-state index is 11.7. The molecular weight excluding hydrogens is 270 g/mol. The van der Waals surface area contributed by atoms with Crippen LogP contribution >= 0.6 is 0 Å². The molecule has 0 aromatic rings. The molecule has 0 aromatic heterocycles. The van der Waals surface area contributed by atoms with Gasteiger partial charge in [-0.05, 0) is 57.8 Å². The van der Waals surface area contributed by atoms with Crippen molar-refractivity contribution in [2.24, 2.45) is 11.3 Å². The van der Waals surface area contributed by atoms with Crippen LogP contribution in [-0.2, 0) is 9.53 Å². The van der Waals surface area contributed by atoms with E-state index >= 15 is 0 Å². The third-order valence-corrected chi connectivity index (χ3v) is 4.16. The topological polar surface area (TPSA) is 75.6 Å². The van der Waals surface area contributed by atoms with Crippen molar-refractivity contribution in [3.05, 3.63) is 0 Å². The molecule has 1 aliphatic rings. The normalized spacial score (nSPS) is 23.5. The first-order valence-electron chi connectivity index (χ1n) is 7.71. The SMILES string of the molecule is CC(C)(C)OC(=O)NC1CCC(C(C)(C)CC(=O)O)CC1. The van der Waals surface area contributed by atoms with Crippen LogP contribution in [0.4, 0.5) is 4.79 Å². The summed E-state index contributed by atoms with van der Waals surface area (Å²) in [4.78, 5) is 22.7. The number of ether oxygens (including phenoxy) is 1. The number of rotatable bonds is 4. The van der Waals surface area contributed by atoms with Crippen LogP contribution in [0, 0.1) is 11.3 Å². The van der Waals surface area contributed by atoms with E-state index < -0.39 is 11.6 Å². The van der Waals surface area contributed by atoms with Gasteiger partial charge in [0.25, 0.3) is 0 Å². The fourth-order valence-corrected chi connectivity index (χ4v) is 3.03. The van der Waals surface area contributed by atoms with Crippen LogP contribution in [0.15, 0.2) is 0 Å².